The SMILES string of the molecule is CCSc1ccc(C(=O)N2CCCC(C)(C)[C@H]2C#N)cn1. The number of nitriles is 1. The zero-order valence-electron chi connectivity index (χ0n) is 12.8. The van der Waals surface area contributed by atoms with Crippen molar-refractivity contribution in [2.45, 2.75) is 44.7 Å². The van der Waals surface area contributed by atoms with Crippen molar-refractivity contribution in [3.63, 3.8) is 0 Å². The first-order valence-electron chi connectivity index (χ1n) is 7.29. The molecule has 0 bridgehead atoms. The predicted octanol–water partition coefficient (Wildman–Crippen LogP) is 3.35. The van der Waals surface area contributed by atoms with E-state index in [0.29, 0.717) is 12.1 Å². The number of carbonyl (C=O) groups excluding carboxylic acids is 1. The van der Waals surface area contributed by atoms with Gasteiger partial charge in [0, 0.05) is 12.7 Å². The highest BCUT2D eigenvalue weighted by Crippen LogP contribution is 2.35. The molecule has 2 heterocycles. The highest BCUT2D eigenvalue weighted by Gasteiger charge is 2.40. The van der Waals surface area contributed by atoms with Crippen molar-refractivity contribution in [3.8, 4) is 6.07 Å². The molecule has 0 aromatic carbocycles. The normalized spacial score (nSPS) is 20.9. The number of carbonyl (C=O) groups is 1. The van der Waals surface area contributed by atoms with E-state index in [1.54, 1.807) is 22.9 Å². The molecule has 0 spiro atoms. The second-order valence-electron chi connectivity index (χ2n) is 5.94. The molecule has 5 heteroatoms. The van der Waals surface area contributed by atoms with Gasteiger partial charge >= 0.3 is 0 Å². The molecule has 112 valence electrons. The molecule has 1 aliphatic rings. The van der Waals surface area contributed by atoms with Gasteiger partial charge in [-0.1, -0.05) is 20.8 Å². The summed E-state index contributed by atoms with van der Waals surface area (Å²) in [6.07, 6.45) is 3.53. The lowest BCUT2D eigenvalue weighted by molar-refractivity contribution is 0.0437. The van der Waals surface area contributed by atoms with Crippen LogP contribution < -0.4 is 0 Å². The fraction of sp³-hybridized carbons (Fsp3) is 0.562. The third-order valence-corrected chi connectivity index (χ3v) is 4.76. The first-order valence-corrected chi connectivity index (χ1v) is 8.27. The molecule has 1 atom stereocenters. The molecule has 0 unspecified atom stereocenters. The van der Waals surface area contributed by atoms with Crippen molar-refractivity contribution in [2.24, 2.45) is 5.41 Å². The maximum absolute atomic E-state index is 12.7. The molecule has 4 nitrogen and oxygen atoms in total. The van der Waals surface area contributed by atoms with Gasteiger partial charge in [-0.2, -0.15) is 5.26 Å². The van der Waals surface area contributed by atoms with Crippen molar-refractivity contribution < 1.29 is 4.79 Å². The van der Waals surface area contributed by atoms with E-state index in [1.165, 1.54) is 0 Å². The van der Waals surface area contributed by atoms with Crippen LogP contribution in [-0.4, -0.2) is 34.1 Å². The van der Waals surface area contributed by atoms with Gasteiger partial charge in [0.2, 0.25) is 0 Å². The van der Waals surface area contributed by atoms with Gasteiger partial charge in [-0.05, 0) is 36.1 Å². The van der Waals surface area contributed by atoms with Gasteiger partial charge in [-0.25, -0.2) is 4.98 Å². The lowest BCUT2D eigenvalue weighted by atomic mass is 9.77. The van der Waals surface area contributed by atoms with E-state index in [4.69, 9.17) is 0 Å². The second kappa shape index (κ2) is 6.48. The highest BCUT2D eigenvalue weighted by molar-refractivity contribution is 7.99. The number of pyridine rings is 1. The molecule has 0 radical (unpaired) electrons. The monoisotopic (exact) mass is 303 g/mol. The number of amides is 1. The van der Waals surface area contributed by atoms with E-state index in [2.05, 4.69) is 31.8 Å². The maximum Gasteiger partial charge on any atom is 0.256 e. The summed E-state index contributed by atoms with van der Waals surface area (Å²) in [6, 6.07) is 5.62. The summed E-state index contributed by atoms with van der Waals surface area (Å²) in [5.74, 6) is 0.867. The molecule has 0 saturated carbocycles. The number of aromatic nitrogens is 1. The van der Waals surface area contributed by atoms with Crippen LogP contribution in [0, 0.1) is 16.7 Å². The number of nitrogens with zero attached hydrogens (tertiary/aromatic N) is 3. The molecule has 0 N–H and O–H groups in total. The molecule has 1 aromatic rings. The highest BCUT2D eigenvalue weighted by atomic mass is 32.2. The minimum Gasteiger partial charge on any atom is -0.322 e. The van der Waals surface area contributed by atoms with Gasteiger partial charge in [0.1, 0.15) is 6.04 Å². The fourth-order valence-corrected chi connectivity index (χ4v) is 3.35. The molecule has 2 rings (SSSR count). The van der Waals surface area contributed by atoms with Crippen LogP contribution in [0.4, 0.5) is 0 Å². The van der Waals surface area contributed by atoms with Crippen molar-refractivity contribution in [3.05, 3.63) is 23.9 Å². The first-order chi connectivity index (χ1) is 9.99. The number of hydrogen-bond acceptors (Lipinski definition) is 4. The Morgan fingerprint density at radius 3 is 2.90 bits per heavy atom. The standard InChI is InChI=1S/C16H21N3OS/c1-4-21-14-7-6-12(11-18-14)15(20)19-9-5-8-16(2,3)13(19)10-17/h6-7,11,13H,4-5,8-9H2,1-3H3/t13-/m1/s1. The van der Waals surface area contributed by atoms with E-state index in [-0.39, 0.29) is 17.4 Å². The van der Waals surface area contributed by atoms with E-state index in [9.17, 15) is 10.1 Å². The summed E-state index contributed by atoms with van der Waals surface area (Å²) in [5.41, 5.74) is 0.405. The van der Waals surface area contributed by atoms with Crippen LogP contribution in [0.3, 0.4) is 0 Å². The topological polar surface area (TPSA) is 57.0 Å². The van der Waals surface area contributed by atoms with Crippen molar-refractivity contribution >= 4 is 17.7 Å². The maximum atomic E-state index is 12.7. The lowest BCUT2D eigenvalue weighted by Crippen LogP contribution is -2.51. The quantitative estimate of drug-likeness (QED) is 0.804. The number of rotatable bonds is 3. The van der Waals surface area contributed by atoms with Crippen molar-refractivity contribution in [1.82, 2.24) is 9.88 Å². The van der Waals surface area contributed by atoms with E-state index in [0.717, 1.165) is 23.6 Å². The van der Waals surface area contributed by atoms with E-state index >= 15 is 0 Å². The van der Waals surface area contributed by atoms with Gasteiger partial charge in [-0.3, -0.25) is 4.79 Å². The Morgan fingerprint density at radius 1 is 1.57 bits per heavy atom. The zero-order valence-corrected chi connectivity index (χ0v) is 13.6. The van der Waals surface area contributed by atoms with Gasteiger partial charge < -0.3 is 4.90 Å². The van der Waals surface area contributed by atoms with Crippen LogP contribution in [0.2, 0.25) is 0 Å². The van der Waals surface area contributed by atoms with Crippen molar-refractivity contribution in [2.75, 3.05) is 12.3 Å². The minimum absolute atomic E-state index is 0.0881. The summed E-state index contributed by atoms with van der Waals surface area (Å²) in [7, 11) is 0. The predicted molar refractivity (Wildman–Crippen MR) is 84.1 cm³/mol. The number of thioether (sulfide) groups is 1. The number of likely N-dealkylation sites (tertiary alicyclic amines) is 1. The summed E-state index contributed by atoms with van der Waals surface area (Å²) < 4.78 is 0. The summed E-state index contributed by atoms with van der Waals surface area (Å²) in [6.45, 7) is 6.82. The molecular formula is C16H21N3OS. The smallest absolute Gasteiger partial charge is 0.256 e. The Bertz CT molecular complexity index is 548. The summed E-state index contributed by atoms with van der Waals surface area (Å²) in [5, 5.41) is 10.4. The molecular weight excluding hydrogens is 282 g/mol. The average Bonchev–Trinajstić information content (AvgIpc) is 2.46. The zero-order chi connectivity index (χ0) is 15.5. The molecule has 1 aromatic heterocycles. The molecule has 0 aliphatic carbocycles. The van der Waals surface area contributed by atoms with Gasteiger partial charge in [0.05, 0.1) is 16.7 Å². The summed E-state index contributed by atoms with van der Waals surface area (Å²) >= 11 is 1.65. The Labute approximate surface area is 130 Å². The van der Waals surface area contributed by atoms with Crippen LogP contribution in [0.15, 0.2) is 23.4 Å². The third kappa shape index (κ3) is 3.38. The van der Waals surface area contributed by atoms with Crippen LogP contribution >= 0.6 is 11.8 Å². The fourth-order valence-electron chi connectivity index (χ4n) is 2.76. The number of piperidine rings is 1. The summed E-state index contributed by atoms with van der Waals surface area (Å²) in [4.78, 5) is 18.7. The van der Waals surface area contributed by atoms with E-state index in [1.807, 2.05) is 12.1 Å². The molecule has 1 aliphatic heterocycles. The van der Waals surface area contributed by atoms with Gasteiger partial charge in [0.15, 0.2) is 0 Å². The first kappa shape index (κ1) is 15.8. The second-order valence-corrected chi connectivity index (χ2v) is 7.22. The molecule has 1 amide bonds. The number of hydrogen-bond donors (Lipinski definition) is 0. The van der Waals surface area contributed by atoms with E-state index < -0.39 is 0 Å². The average molecular weight is 303 g/mol. The molecule has 21 heavy (non-hydrogen) atoms. The Hall–Kier alpha value is -1.54. The Morgan fingerprint density at radius 2 is 2.33 bits per heavy atom. The van der Waals surface area contributed by atoms with Gasteiger partial charge in [-0.15, -0.1) is 11.8 Å². The molecule has 1 saturated heterocycles. The lowest BCUT2D eigenvalue weighted by Gasteiger charge is -2.42. The van der Waals surface area contributed by atoms with Crippen molar-refractivity contribution in [1.29, 1.82) is 5.26 Å². The minimum atomic E-state index is -0.372. The third-order valence-electron chi connectivity index (χ3n) is 3.93. The molecule has 1 fully saturated rings. The van der Waals surface area contributed by atoms with Crippen LogP contribution in [0.25, 0.3) is 0 Å². The van der Waals surface area contributed by atoms with Crippen LogP contribution in [0.5, 0.6) is 0 Å². The largest absolute Gasteiger partial charge is 0.322 e. The Kier molecular flexibility index (Phi) is 4.89. The van der Waals surface area contributed by atoms with Crippen LogP contribution in [-0.2, 0) is 0 Å². The Balaban J connectivity index is 2.20. The van der Waals surface area contributed by atoms with Gasteiger partial charge in [0.25, 0.3) is 5.91 Å². The van der Waals surface area contributed by atoms with Crippen LogP contribution in [0.1, 0.15) is 44.0 Å².